The molecule has 12 rings (SSSR count). The molecule has 348 valence electrons. The standard InChI is InChI=1S/C66H60BN3O/c1-64(2,3)44-29-34-50(35-30-44)70-57-42-51(68(47-19-12-10-13-20-47)48-21-14-11-15-22-48)36-37-54(57)67-55-39-45(65(4,5)6)31-38-56(55)69(58-40-46(66(7,8)9)41-59(70)63(58)67)49-32-27-43(28-33-49)52-24-18-26-61-62(52)53-23-16-17-25-60(53)71-61/h10-42H,1-9H3. The van der Waals surface area contributed by atoms with Gasteiger partial charge in [0.1, 0.15) is 11.2 Å². The van der Waals surface area contributed by atoms with Crippen molar-refractivity contribution < 1.29 is 4.42 Å². The molecule has 5 heteroatoms. The van der Waals surface area contributed by atoms with Gasteiger partial charge in [0.15, 0.2) is 0 Å². The van der Waals surface area contributed by atoms with Gasteiger partial charge in [-0.15, -0.1) is 0 Å². The molecule has 0 unspecified atom stereocenters. The van der Waals surface area contributed by atoms with Crippen LogP contribution in [0.4, 0.5) is 51.2 Å². The lowest BCUT2D eigenvalue weighted by Gasteiger charge is -2.45. The van der Waals surface area contributed by atoms with Gasteiger partial charge in [-0.2, -0.15) is 0 Å². The van der Waals surface area contributed by atoms with E-state index >= 15 is 0 Å². The van der Waals surface area contributed by atoms with Gasteiger partial charge in [-0.3, -0.25) is 0 Å². The fourth-order valence-electron chi connectivity index (χ4n) is 11.1. The van der Waals surface area contributed by atoms with Gasteiger partial charge in [-0.05, 0) is 151 Å². The first-order valence-corrected chi connectivity index (χ1v) is 25.2. The van der Waals surface area contributed by atoms with Crippen LogP contribution in [0.3, 0.4) is 0 Å². The smallest absolute Gasteiger partial charge is 0.252 e. The van der Waals surface area contributed by atoms with Crippen molar-refractivity contribution in [1.82, 2.24) is 0 Å². The number of anilines is 9. The lowest BCUT2D eigenvalue weighted by atomic mass is 9.33. The van der Waals surface area contributed by atoms with Crippen molar-refractivity contribution in [3.8, 4) is 11.1 Å². The molecule has 0 saturated carbocycles. The fourth-order valence-corrected chi connectivity index (χ4v) is 11.1. The van der Waals surface area contributed by atoms with E-state index in [-0.39, 0.29) is 23.0 Å². The van der Waals surface area contributed by atoms with Crippen molar-refractivity contribution in [2.24, 2.45) is 0 Å². The van der Waals surface area contributed by atoms with Gasteiger partial charge in [0.25, 0.3) is 6.71 Å². The second-order valence-electron chi connectivity index (χ2n) is 22.7. The van der Waals surface area contributed by atoms with E-state index in [1.54, 1.807) is 0 Å². The maximum Gasteiger partial charge on any atom is 0.252 e. The van der Waals surface area contributed by atoms with Crippen LogP contribution < -0.4 is 31.1 Å². The third-order valence-electron chi connectivity index (χ3n) is 14.9. The zero-order valence-corrected chi connectivity index (χ0v) is 42.4. The lowest BCUT2D eigenvalue weighted by Crippen LogP contribution is -2.61. The molecule has 1 aromatic heterocycles. The van der Waals surface area contributed by atoms with Crippen LogP contribution in [0, 0.1) is 0 Å². The van der Waals surface area contributed by atoms with Gasteiger partial charge in [0.2, 0.25) is 0 Å². The molecule has 0 N–H and O–H groups in total. The summed E-state index contributed by atoms with van der Waals surface area (Å²) < 4.78 is 6.35. The maximum absolute atomic E-state index is 6.35. The van der Waals surface area contributed by atoms with Crippen LogP contribution in [-0.2, 0) is 16.2 Å². The Balaban J connectivity index is 1.12. The van der Waals surface area contributed by atoms with Crippen molar-refractivity contribution in [3.05, 3.63) is 217 Å². The van der Waals surface area contributed by atoms with E-state index in [1.807, 2.05) is 6.07 Å². The van der Waals surface area contributed by atoms with Crippen LogP contribution in [-0.4, -0.2) is 6.71 Å². The van der Waals surface area contributed by atoms with Crippen molar-refractivity contribution in [2.45, 2.75) is 78.6 Å². The molecule has 3 heterocycles. The highest BCUT2D eigenvalue weighted by Crippen LogP contribution is 2.49. The summed E-state index contributed by atoms with van der Waals surface area (Å²) in [5.74, 6) is 0. The summed E-state index contributed by atoms with van der Waals surface area (Å²) in [6.45, 7) is 20.9. The van der Waals surface area contributed by atoms with Gasteiger partial charge < -0.3 is 19.1 Å². The predicted molar refractivity (Wildman–Crippen MR) is 304 cm³/mol. The van der Waals surface area contributed by atoms with Gasteiger partial charge in [-0.25, -0.2) is 0 Å². The number of para-hydroxylation sites is 3. The van der Waals surface area contributed by atoms with E-state index in [1.165, 1.54) is 61.4 Å². The number of benzene rings is 9. The molecule has 0 atom stereocenters. The van der Waals surface area contributed by atoms with Crippen LogP contribution in [0.2, 0.25) is 0 Å². The van der Waals surface area contributed by atoms with Crippen molar-refractivity contribution in [2.75, 3.05) is 14.7 Å². The Morgan fingerprint density at radius 3 is 1.56 bits per heavy atom. The van der Waals surface area contributed by atoms with E-state index in [2.05, 4.69) is 271 Å². The van der Waals surface area contributed by atoms with Gasteiger partial charge in [-0.1, -0.05) is 172 Å². The summed E-state index contributed by atoms with van der Waals surface area (Å²) in [6, 6.07) is 74.4. The van der Waals surface area contributed by atoms with Crippen LogP contribution in [0.5, 0.6) is 0 Å². The fraction of sp³-hybridized carbons (Fsp3) is 0.182. The number of rotatable bonds is 6. The molecule has 0 bridgehead atoms. The molecule has 9 aromatic carbocycles. The number of furan rings is 1. The average Bonchev–Trinajstić information content (AvgIpc) is 3.75. The maximum atomic E-state index is 6.35. The Kier molecular flexibility index (Phi) is 10.3. The summed E-state index contributed by atoms with van der Waals surface area (Å²) in [5.41, 5.74) is 22.2. The summed E-state index contributed by atoms with van der Waals surface area (Å²) in [5, 5.41) is 2.29. The second-order valence-corrected chi connectivity index (χ2v) is 22.7. The molecular weight excluding hydrogens is 862 g/mol. The van der Waals surface area contributed by atoms with Gasteiger partial charge in [0.05, 0.1) is 0 Å². The first kappa shape index (κ1) is 44.5. The SMILES string of the molecule is CC(C)(C)c1ccc(N2c3cc(N(c4ccccc4)c4ccccc4)ccc3B3c4cc(C(C)(C)C)ccc4N(c4ccc(-c5cccc6oc7ccccc7c56)cc4)c4cc(C(C)(C)C)cc2c43)cc1. The lowest BCUT2D eigenvalue weighted by molar-refractivity contribution is 0.590. The molecule has 4 nitrogen and oxygen atoms in total. The molecule has 0 radical (unpaired) electrons. The van der Waals surface area contributed by atoms with Crippen molar-refractivity contribution in [1.29, 1.82) is 0 Å². The molecule has 0 amide bonds. The summed E-state index contributed by atoms with van der Waals surface area (Å²) in [7, 11) is 0. The van der Waals surface area contributed by atoms with Crippen LogP contribution in [0.15, 0.2) is 205 Å². The zero-order valence-electron chi connectivity index (χ0n) is 42.4. The minimum Gasteiger partial charge on any atom is -0.456 e. The largest absolute Gasteiger partial charge is 0.456 e. The highest BCUT2D eigenvalue weighted by atomic mass is 16.3. The second kappa shape index (κ2) is 16.4. The van der Waals surface area contributed by atoms with Gasteiger partial charge in [0, 0.05) is 62.0 Å². The molecule has 2 aliphatic heterocycles. The molecule has 71 heavy (non-hydrogen) atoms. The minimum absolute atomic E-state index is 0.0110. The van der Waals surface area contributed by atoms with Gasteiger partial charge >= 0.3 is 0 Å². The molecule has 0 aliphatic carbocycles. The first-order chi connectivity index (χ1) is 34.1. The quantitative estimate of drug-likeness (QED) is 0.155. The third kappa shape index (κ3) is 7.53. The van der Waals surface area contributed by atoms with E-state index in [9.17, 15) is 0 Å². The Labute approximate surface area is 419 Å². The van der Waals surface area contributed by atoms with Crippen LogP contribution >= 0.6 is 0 Å². The first-order valence-electron chi connectivity index (χ1n) is 25.2. The Morgan fingerprint density at radius 1 is 0.394 bits per heavy atom. The third-order valence-corrected chi connectivity index (χ3v) is 14.9. The Morgan fingerprint density at radius 2 is 0.944 bits per heavy atom. The average molecular weight is 922 g/mol. The summed E-state index contributed by atoms with van der Waals surface area (Å²) >= 11 is 0. The topological polar surface area (TPSA) is 22.9 Å². The molecule has 2 aliphatic rings. The molecular formula is C66H60BN3O. The number of nitrogens with zero attached hydrogens (tertiary/aromatic N) is 3. The summed E-state index contributed by atoms with van der Waals surface area (Å²) in [4.78, 5) is 7.51. The zero-order chi connectivity index (χ0) is 49.0. The van der Waals surface area contributed by atoms with E-state index in [0.29, 0.717) is 0 Å². The monoisotopic (exact) mass is 921 g/mol. The van der Waals surface area contributed by atoms with Crippen molar-refractivity contribution in [3.63, 3.8) is 0 Å². The highest BCUT2D eigenvalue weighted by Gasteiger charge is 2.45. The Bertz CT molecular complexity index is 3610. The predicted octanol–water partition coefficient (Wildman–Crippen LogP) is 16.7. The molecule has 0 spiro atoms. The van der Waals surface area contributed by atoms with Crippen molar-refractivity contribution >= 4 is 96.2 Å². The van der Waals surface area contributed by atoms with Crippen LogP contribution in [0.1, 0.15) is 79.0 Å². The number of fused-ring (bicyclic) bond motifs is 7. The molecule has 10 aromatic rings. The highest BCUT2D eigenvalue weighted by molar-refractivity contribution is 7.00. The minimum atomic E-state index is -0.153. The Hall–Kier alpha value is -7.76. The normalized spacial score (nSPS) is 13.3. The van der Waals surface area contributed by atoms with Crippen LogP contribution in [0.25, 0.3) is 33.1 Å². The molecule has 0 saturated heterocycles. The van der Waals surface area contributed by atoms with E-state index in [0.717, 1.165) is 55.9 Å². The summed E-state index contributed by atoms with van der Waals surface area (Å²) in [6.07, 6.45) is 0. The molecule has 0 fully saturated rings. The van der Waals surface area contributed by atoms with E-state index < -0.39 is 0 Å². The number of hydrogen-bond donors (Lipinski definition) is 0. The number of hydrogen-bond acceptors (Lipinski definition) is 4. The van der Waals surface area contributed by atoms with E-state index in [4.69, 9.17) is 4.42 Å².